The number of fused-ring (bicyclic) bond motifs is 1. The summed E-state index contributed by atoms with van der Waals surface area (Å²) in [5.74, 6) is 0.831. The van der Waals surface area contributed by atoms with Crippen LogP contribution in [0.15, 0.2) is 52.9 Å². The highest BCUT2D eigenvalue weighted by Gasteiger charge is 2.20. The van der Waals surface area contributed by atoms with Crippen LogP contribution in [0.25, 0.3) is 10.8 Å². The predicted molar refractivity (Wildman–Crippen MR) is 83.3 cm³/mol. The summed E-state index contributed by atoms with van der Waals surface area (Å²) in [6, 6.07) is 16.4. The molecule has 1 atom stereocenters. The average molecular weight is 286 g/mol. The van der Waals surface area contributed by atoms with E-state index >= 15 is 0 Å². The number of aryl methyl sites for hydroxylation is 1. The molecule has 1 N–H and O–H groups in total. The van der Waals surface area contributed by atoms with Gasteiger partial charge in [0, 0.05) is 0 Å². The quantitative estimate of drug-likeness (QED) is 0.754. The minimum Gasteiger partial charge on any atom is -0.448 e. The third-order valence-corrected chi connectivity index (χ3v) is 3.85. The van der Waals surface area contributed by atoms with Crippen molar-refractivity contribution in [1.29, 1.82) is 0 Å². The lowest BCUT2D eigenvalue weighted by atomic mass is 9.93. The van der Waals surface area contributed by atoms with E-state index in [0.717, 1.165) is 5.76 Å². The molecule has 0 saturated heterocycles. The molecule has 3 aromatic rings. The van der Waals surface area contributed by atoms with Crippen LogP contribution in [0.1, 0.15) is 22.9 Å². The smallest absolute Gasteiger partial charge is 0.193 e. The normalized spacial score (nSPS) is 12.8. The Morgan fingerprint density at radius 2 is 1.85 bits per heavy atom. The monoisotopic (exact) mass is 285 g/mol. The lowest BCUT2D eigenvalue weighted by molar-refractivity contribution is 0.465. The highest BCUT2D eigenvalue weighted by molar-refractivity contribution is 6.28. The van der Waals surface area contributed by atoms with Gasteiger partial charge in [0.25, 0.3) is 0 Å². The van der Waals surface area contributed by atoms with E-state index < -0.39 is 0 Å². The van der Waals surface area contributed by atoms with E-state index in [9.17, 15) is 0 Å². The second kappa shape index (κ2) is 5.31. The predicted octanol–water partition coefficient (Wildman–Crippen LogP) is 4.70. The van der Waals surface area contributed by atoms with Crippen molar-refractivity contribution >= 4 is 22.4 Å². The maximum absolute atomic E-state index is 5.91. The first-order valence-electron chi connectivity index (χ1n) is 6.61. The van der Waals surface area contributed by atoms with E-state index in [1.54, 1.807) is 6.07 Å². The molecule has 0 amide bonds. The minimum absolute atomic E-state index is 0.00593. The molecule has 1 aromatic heterocycles. The fourth-order valence-electron chi connectivity index (χ4n) is 2.70. The zero-order valence-electron chi connectivity index (χ0n) is 11.5. The molecular weight excluding hydrogens is 270 g/mol. The van der Waals surface area contributed by atoms with Crippen molar-refractivity contribution < 1.29 is 4.42 Å². The van der Waals surface area contributed by atoms with Crippen LogP contribution in [0.4, 0.5) is 0 Å². The molecule has 0 radical (unpaired) electrons. The molecule has 1 unspecified atom stereocenters. The van der Waals surface area contributed by atoms with Gasteiger partial charge in [0.1, 0.15) is 5.76 Å². The van der Waals surface area contributed by atoms with Gasteiger partial charge in [0.2, 0.25) is 0 Å². The third-order valence-electron chi connectivity index (χ3n) is 3.64. The van der Waals surface area contributed by atoms with Crippen LogP contribution < -0.4 is 5.32 Å². The molecule has 0 bridgehead atoms. The molecule has 20 heavy (non-hydrogen) atoms. The van der Waals surface area contributed by atoms with Crippen LogP contribution in [0, 0.1) is 6.92 Å². The Morgan fingerprint density at radius 1 is 1.05 bits per heavy atom. The topological polar surface area (TPSA) is 25.2 Å². The van der Waals surface area contributed by atoms with Crippen LogP contribution >= 0.6 is 11.6 Å². The van der Waals surface area contributed by atoms with Crippen LogP contribution in [0.5, 0.6) is 0 Å². The van der Waals surface area contributed by atoms with Gasteiger partial charge in [0.05, 0.1) is 6.04 Å². The summed E-state index contributed by atoms with van der Waals surface area (Å²) in [5, 5.41) is 6.21. The standard InChI is InChI=1S/C17H16ClNO/c1-11-7-8-12-5-3-4-6-13(12)16(11)17(19-2)14-9-10-15(18)20-14/h3-10,17,19H,1-2H3. The number of halogens is 1. The van der Waals surface area contributed by atoms with Gasteiger partial charge in [0.15, 0.2) is 5.22 Å². The Balaban J connectivity index is 2.23. The summed E-state index contributed by atoms with van der Waals surface area (Å²) < 4.78 is 5.60. The molecule has 102 valence electrons. The maximum atomic E-state index is 5.91. The molecular formula is C17H16ClNO. The van der Waals surface area contributed by atoms with Crippen molar-refractivity contribution in [3.8, 4) is 0 Å². The average Bonchev–Trinajstić information content (AvgIpc) is 2.88. The summed E-state index contributed by atoms with van der Waals surface area (Å²) >= 11 is 5.91. The summed E-state index contributed by atoms with van der Waals surface area (Å²) in [4.78, 5) is 0. The molecule has 3 heteroatoms. The van der Waals surface area contributed by atoms with Crippen molar-refractivity contribution in [1.82, 2.24) is 5.32 Å². The molecule has 0 aliphatic rings. The molecule has 0 fully saturated rings. The van der Waals surface area contributed by atoms with Gasteiger partial charge < -0.3 is 9.73 Å². The molecule has 0 aliphatic carbocycles. The highest BCUT2D eigenvalue weighted by Crippen LogP contribution is 2.33. The van der Waals surface area contributed by atoms with E-state index in [-0.39, 0.29) is 6.04 Å². The number of furan rings is 1. The molecule has 0 aliphatic heterocycles. The lowest BCUT2D eigenvalue weighted by Gasteiger charge is -2.19. The SMILES string of the molecule is CNC(c1ccc(Cl)o1)c1c(C)ccc2ccccc12. The van der Waals surface area contributed by atoms with Gasteiger partial charge in [-0.3, -0.25) is 0 Å². The Labute approximate surface area is 123 Å². The third kappa shape index (κ3) is 2.21. The second-order valence-electron chi connectivity index (χ2n) is 4.88. The zero-order valence-corrected chi connectivity index (χ0v) is 12.2. The first kappa shape index (κ1) is 13.2. The van der Waals surface area contributed by atoms with Crippen LogP contribution in [-0.2, 0) is 0 Å². The van der Waals surface area contributed by atoms with Crippen LogP contribution in [0.3, 0.4) is 0 Å². The van der Waals surface area contributed by atoms with Crippen molar-refractivity contribution in [3.05, 3.63) is 70.6 Å². The largest absolute Gasteiger partial charge is 0.448 e. The first-order valence-corrected chi connectivity index (χ1v) is 6.99. The number of rotatable bonds is 3. The van der Waals surface area contributed by atoms with Crippen molar-refractivity contribution in [2.75, 3.05) is 7.05 Å². The Kier molecular flexibility index (Phi) is 3.51. The highest BCUT2D eigenvalue weighted by atomic mass is 35.5. The second-order valence-corrected chi connectivity index (χ2v) is 5.25. The maximum Gasteiger partial charge on any atom is 0.193 e. The molecule has 0 spiro atoms. The Hall–Kier alpha value is -1.77. The molecule has 0 saturated carbocycles. The lowest BCUT2D eigenvalue weighted by Crippen LogP contribution is -2.18. The van der Waals surface area contributed by atoms with Gasteiger partial charge in [-0.05, 0) is 59.6 Å². The molecule has 1 heterocycles. The summed E-state index contributed by atoms with van der Waals surface area (Å²) in [5.41, 5.74) is 2.46. The van der Waals surface area contributed by atoms with Gasteiger partial charge >= 0.3 is 0 Å². The van der Waals surface area contributed by atoms with Crippen LogP contribution in [0.2, 0.25) is 5.22 Å². The number of hydrogen-bond acceptors (Lipinski definition) is 2. The van der Waals surface area contributed by atoms with Crippen LogP contribution in [-0.4, -0.2) is 7.05 Å². The van der Waals surface area contributed by atoms with Crippen molar-refractivity contribution in [2.24, 2.45) is 0 Å². The number of nitrogens with one attached hydrogen (secondary N) is 1. The van der Waals surface area contributed by atoms with E-state index in [1.807, 2.05) is 13.1 Å². The minimum atomic E-state index is -0.00593. The fraction of sp³-hybridized carbons (Fsp3) is 0.176. The molecule has 2 nitrogen and oxygen atoms in total. The van der Waals surface area contributed by atoms with Gasteiger partial charge in [-0.15, -0.1) is 0 Å². The molecule has 2 aromatic carbocycles. The van der Waals surface area contributed by atoms with Gasteiger partial charge in [-0.1, -0.05) is 36.4 Å². The molecule has 3 rings (SSSR count). The van der Waals surface area contributed by atoms with E-state index in [4.69, 9.17) is 16.0 Å². The number of benzene rings is 2. The summed E-state index contributed by atoms with van der Waals surface area (Å²) in [6.07, 6.45) is 0. The Bertz CT molecular complexity index is 748. The summed E-state index contributed by atoms with van der Waals surface area (Å²) in [7, 11) is 1.93. The van der Waals surface area contributed by atoms with E-state index in [0.29, 0.717) is 5.22 Å². The van der Waals surface area contributed by atoms with E-state index in [1.165, 1.54) is 21.9 Å². The Morgan fingerprint density at radius 3 is 2.55 bits per heavy atom. The van der Waals surface area contributed by atoms with Gasteiger partial charge in [-0.25, -0.2) is 0 Å². The number of hydrogen-bond donors (Lipinski definition) is 1. The van der Waals surface area contributed by atoms with Gasteiger partial charge in [-0.2, -0.15) is 0 Å². The van der Waals surface area contributed by atoms with E-state index in [2.05, 4.69) is 48.6 Å². The summed E-state index contributed by atoms with van der Waals surface area (Å²) in [6.45, 7) is 2.12. The first-order chi connectivity index (χ1) is 9.70. The fourth-order valence-corrected chi connectivity index (χ4v) is 2.85. The van der Waals surface area contributed by atoms with Crippen molar-refractivity contribution in [2.45, 2.75) is 13.0 Å². The van der Waals surface area contributed by atoms with Crippen molar-refractivity contribution in [3.63, 3.8) is 0 Å². The zero-order chi connectivity index (χ0) is 14.1.